The predicted molar refractivity (Wildman–Crippen MR) is 93.8 cm³/mol. The van der Waals surface area contributed by atoms with Crippen LogP contribution in [0.4, 0.5) is 0 Å². The smallest absolute Gasteiger partial charge is 0.228 e. The summed E-state index contributed by atoms with van der Waals surface area (Å²) in [6.07, 6.45) is 6.12. The van der Waals surface area contributed by atoms with Gasteiger partial charge in [-0.25, -0.2) is 4.98 Å². The van der Waals surface area contributed by atoms with Crippen molar-refractivity contribution in [3.63, 3.8) is 0 Å². The Morgan fingerprint density at radius 3 is 3.04 bits per heavy atom. The molecule has 2 aromatic heterocycles. The number of aromatic nitrogens is 3. The summed E-state index contributed by atoms with van der Waals surface area (Å²) in [5, 5.41) is 1.24. The first kappa shape index (κ1) is 15.0. The van der Waals surface area contributed by atoms with Gasteiger partial charge in [-0.05, 0) is 30.4 Å². The molecule has 124 valence electrons. The van der Waals surface area contributed by atoms with Gasteiger partial charge in [0.25, 0.3) is 0 Å². The number of fused-ring (bicyclic) bond motifs is 1. The third-order valence-corrected chi connectivity index (χ3v) is 5.01. The second-order valence-corrected chi connectivity index (χ2v) is 6.66. The minimum Gasteiger partial charge on any atom is -0.358 e. The summed E-state index contributed by atoms with van der Waals surface area (Å²) < 4.78 is 1.91. The fraction of sp³-hybridized carbons (Fsp3) is 0.368. The quantitative estimate of drug-likeness (QED) is 0.806. The lowest BCUT2D eigenvalue weighted by Crippen LogP contribution is -2.40. The zero-order chi connectivity index (χ0) is 16.5. The number of benzene rings is 1. The summed E-state index contributed by atoms with van der Waals surface area (Å²) in [7, 11) is 1.93. The molecule has 1 aliphatic rings. The molecule has 0 bridgehead atoms. The van der Waals surface area contributed by atoms with Crippen molar-refractivity contribution in [3.8, 4) is 0 Å². The van der Waals surface area contributed by atoms with Crippen molar-refractivity contribution in [2.75, 3.05) is 13.1 Å². The van der Waals surface area contributed by atoms with Crippen molar-refractivity contribution in [2.24, 2.45) is 7.05 Å². The maximum atomic E-state index is 12.6. The molecule has 1 aromatic carbocycles. The van der Waals surface area contributed by atoms with Crippen LogP contribution in [0.3, 0.4) is 0 Å². The lowest BCUT2D eigenvalue weighted by molar-refractivity contribution is -0.131. The maximum absolute atomic E-state index is 12.6. The van der Waals surface area contributed by atoms with E-state index in [2.05, 4.69) is 34.2 Å². The van der Waals surface area contributed by atoms with Crippen LogP contribution in [0.5, 0.6) is 0 Å². The van der Waals surface area contributed by atoms with E-state index in [-0.39, 0.29) is 5.91 Å². The molecule has 1 saturated heterocycles. The first-order chi connectivity index (χ1) is 11.7. The van der Waals surface area contributed by atoms with Gasteiger partial charge < -0.3 is 14.5 Å². The number of rotatable bonds is 3. The van der Waals surface area contributed by atoms with Crippen molar-refractivity contribution in [3.05, 3.63) is 54.2 Å². The Balaban J connectivity index is 1.49. The molecule has 1 aliphatic heterocycles. The molecule has 1 atom stereocenters. The number of hydrogen-bond acceptors (Lipinski definition) is 2. The summed E-state index contributed by atoms with van der Waals surface area (Å²) in [6.45, 7) is 1.65. The fourth-order valence-electron chi connectivity index (χ4n) is 3.59. The summed E-state index contributed by atoms with van der Waals surface area (Å²) in [5.74, 6) is 0.584. The van der Waals surface area contributed by atoms with E-state index in [0.29, 0.717) is 12.3 Å². The molecule has 0 aliphatic carbocycles. The lowest BCUT2D eigenvalue weighted by Gasteiger charge is -2.32. The Hall–Kier alpha value is -2.56. The minimum atomic E-state index is 0.194. The van der Waals surface area contributed by atoms with E-state index < -0.39 is 0 Å². The summed E-state index contributed by atoms with van der Waals surface area (Å²) >= 11 is 0. The van der Waals surface area contributed by atoms with E-state index >= 15 is 0 Å². The van der Waals surface area contributed by atoms with Gasteiger partial charge in [0.1, 0.15) is 0 Å². The Bertz CT molecular complexity index is 830. The molecule has 3 aromatic rings. The number of aryl methyl sites for hydroxylation is 1. The van der Waals surface area contributed by atoms with Crippen LogP contribution in [0.25, 0.3) is 10.9 Å². The maximum Gasteiger partial charge on any atom is 0.228 e. The van der Waals surface area contributed by atoms with Gasteiger partial charge in [0.2, 0.25) is 5.91 Å². The van der Waals surface area contributed by atoms with Crippen molar-refractivity contribution < 1.29 is 4.79 Å². The number of hydrogen-bond donors (Lipinski definition) is 1. The molecule has 1 N–H and O–H groups in total. The Morgan fingerprint density at radius 1 is 1.38 bits per heavy atom. The highest BCUT2D eigenvalue weighted by Gasteiger charge is 2.26. The van der Waals surface area contributed by atoms with Gasteiger partial charge in [-0.1, -0.05) is 18.2 Å². The Kier molecular flexibility index (Phi) is 3.84. The molecule has 0 radical (unpaired) electrons. The molecule has 4 rings (SSSR count). The number of carbonyl (C=O) groups excluding carboxylic acids is 1. The van der Waals surface area contributed by atoms with Crippen molar-refractivity contribution >= 4 is 16.8 Å². The molecule has 1 unspecified atom stereocenters. The number of nitrogens with zero attached hydrogens (tertiary/aromatic N) is 3. The molecule has 24 heavy (non-hydrogen) atoms. The first-order valence-electron chi connectivity index (χ1n) is 8.51. The highest BCUT2D eigenvalue weighted by Crippen LogP contribution is 2.29. The fourth-order valence-corrected chi connectivity index (χ4v) is 3.59. The molecule has 3 heterocycles. The Morgan fingerprint density at radius 2 is 2.25 bits per heavy atom. The normalized spacial score (nSPS) is 18.2. The van der Waals surface area contributed by atoms with Crippen LogP contribution < -0.4 is 0 Å². The number of para-hydroxylation sites is 1. The van der Waals surface area contributed by atoms with E-state index in [9.17, 15) is 4.79 Å². The number of amides is 1. The largest absolute Gasteiger partial charge is 0.358 e. The highest BCUT2D eigenvalue weighted by atomic mass is 16.2. The predicted octanol–water partition coefficient (Wildman–Crippen LogP) is 2.85. The number of carbonyl (C=O) groups is 1. The second kappa shape index (κ2) is 6.15. The van der Waals surface area contributed by atoms with E-state index in [0.717, 1.165) is 31.6 Å². The second-order valence-electron chi connectivity index (χ2n) is 6.66. The Labute approximate surface area is 141 Å². The monoisotopic (exact) mass is 322 g/mol. The highest BCUT2D eigenvalue weighted by molar-refractivity contribution is 5.81. The number of nitrogens with one attached hydrogen (secondary N) is 1. The van der Waals surface area contributed by atoms with Gasteiger partial charge in [-0.2, -0.15) is 0 Å². The van der Waals surface area contributed by atoms with Crippen molar-refractivity contribution in [2.45, 2.75) is 25.2 Å². The molecular weight excluding hydrogens is 300 g/mol. The van der Waals surface area contributed by atoms with E-state index in [1.807, 2.05) is 22.6 Å². The van der Waals surface area contributed by atoms with Gasteiger partial charge in [0.15, 0.2) is 0 Å². The zero-order valence-electron chi connectivity index (χ0n) is 13.9. The molecule has 5 heteroatoms. The van der Waals surface area contributed by atoms with E-state index in [4.69, 9.17) is 0 Å². The number of piperidine rings is 1. The SMILES string of the molecule is Cn1cncc1CC(=O)N1CCCC(c2cc3ccccc3[nH]2)C1. The molecule has 5 nitrogen and oxygen atoms in total. The first-order valence-corrected chi connectivity index (χ1v) is 8.51. The van der Waals surface area contributed by atoms with Crippen LogP contribution in [0.1, 0.15) is 30.1 Å². The lowest BCUT2D eigenvalue weighted by atomic mass is 9.94. The van der Waals surface area contributed by atoms with Crippen molar-refractivity contribution in [1.82, 2.24) is 19.4 Å². The standard InChI is InChI=1S/C19H22N4O/c1-22-13-20-11-16(22)10-19(24)23-8-4-6-15(12-23)18-9-14-5-2-3-7-17(14)21-18/h2-3,5,7,9,11,13,15,21H,4,6,8,10,12H2,1H3. The number of imidazole rings is 1. The van der Waals surface area contributed by atoms with Crippen LogP contribution in [-0.4, -0.2) is 38.4 Å². The van der Waals surface area contributed by atoms with E-state index in [1.165, 1.54) is 16.6 Å². The molecule has 0 saturated carbocycles. The van der Waals surface area contributed by atoms with Crippen LogP contribution in [-0.2, 0) is 18.3 Å². The summed E-state index contributed by atoms with van der Waals surface area (Å²) in [5.41, 5.74) is 3.38. The number of H-pyrrole nitrogens is 1. The number of aromatic amines is 1. The minimum absolute atomic E-state index is 0.194. The van der Waals surface area contributed by atoms with Crippen molar-refractivity contribution in [1.29, 1.82) is 0 Å². The van der Waals surface area contributed by atoms with Gasteiger partial charge in [0, 0.05) is 49.2 Å². The van der Waals surface area contributed by atoms with Crippen LogP contribution >= 0.6 is 0 Å². The molecular formula is C19H22N4O. The topological polar surface area (TPSA) is 53.9 Å². The van der Waals surface area contributed by atoms with Gasteiger partial charge in [-0.15, -0.1) is 0 Å². The molecule has 0 spiro atoms. The van der Waals surface area contributed by atoms with E-state index in [1.54, 1.807) is 12.5 Å². The average molecular weight is 322 g/mol. The number of likely N-dealkylation sites (tertiary alicyclic amines) is 1. The molecule has 1 fully saturated rings. The van der Waals surface area contributed by atoms with Gasteiger partial charge in [-0.3, -0.25) is 4.79 Å². The molecule has 1 amide bonds. The zero-order valence-corrected chi connectivity index (χ0v) is 13.9. The van der Waals surface area contributed by atoms with Gasteiger partial charge >= 0.3 is 0 Å². The average Bonchev–Trinajstić information content (AvgIpc) is 3.21. The van der Waals surface area contributed by atoms with Crippen LogP contribution in [0, 0.1) is 0 Å². The van der Waals surface area contributed by atoms with Crippen LogP contribution in [0.15, 0.2) is 42.9 Å². The van der Waals surface area contributed by atoms with Gasteiger partial charge in [0.05, 0.1) is 12.7 Å². The third-order valence-electron chi connectivity index (χ3n) is 5.01. The summed E-state index contributed by atoms with van der Waals surface area (Å²) in [4.78, 5) is 22.3. The van der Waals surface area contributed by atoms with Crippen LogP contribution in [0.2, 0.25) is 0 Å². The third kappa shape index (κ3) is 2.82. The summed E-state index contributed by atoms with van der Waals surface area (Å²) in [6, 6.07) is 10.6.